The summed E-state index contributed by atoms with van der Waals surface area (Å²) in [5, 5.41) is 0. The fraction of sp³-hybridized carbons (Fsp3) is 0. The van der Waals surface area contributed by atoms with Gasteiger partial charge in [-0.1, -0.05) is 176 Å². The molecular weight excluding hydrogens is 773 g/mol. The van der Waals surface area contributed by atoms with E-state index in [0.29, 0.717) is 0 Å². The number of hydrogen-bond acceptors (Lipinski definition) is 3. The molecule has 10 aromatic carbocycles. The van der Waals surface area contributed by atoms with E-state index < -0.39 is 0 Å². The van der Waals surface area contributed by atoms with Crippen molar-refractivity contribution in [2.24, 2.45) is 0 Å². The molecule has 0 bridgehead atoms. The number of hydrogen-bond donors (Lipinski definition) is 0. The number of fused-ring (bicyclic) bond motifs is 4. The van der Waals surface area contributed by atoms with Crippen LogP contribution in [0.1, 0.15) is 0 Å². The van der Waals surface area contributed by atoms with Crippen LogP contribution in [0.2, 0.25) is 0 Å². The van der Waals surface area contributed by atoms with E-state index >= 15 is 0 Å². The minimum absolute atomic E-state index is 0.0286. The minimum Gasteiger partial charge on any atom is -0.311 e. The average Bonchev–Trinajstić information content (AvgIpc) is 3.37. The van der Waals surface area contributed by atoms with Gasteiger partial charge in [-0.15, -0.1) is 0 Å². The van der Waals surface area contributed by atoms with Gasteiger partial charge in [0.05, 0.1) is 0 Å². The summed E-state index contributed by atoms with van der Waals surface area (Å²) in [5.41, 5.74) is 21.2. The van der Waals surface area contributed by atoms with Crippen LogP contribution in [0.15, 0.2) is 255 Å². The van der Waals surface area contributed by atoms with Crippen LogP contribution < -0.4 is 31.1 Å². The highest BCUT2D eigenvalue weighted by atomic mass is 15.2. The first-order valence-corrected chi connectivity index (χ1v) is 22.0. The highest BCUT2D eigenvalue weighted by molar-refractivity contribution is 7.00. The molecule has 4 heteroatoms. The van der Waals surface area contributed by atoms with Gasteiger partial charge < -0.3 is 14.7 Å². The van der Waals surface area contributed by atoms with Gasteiger partial charge in [0.2, 0.25) is 0 Å². The third kappa shape index (κ3) is 6.47. The Bertz CT molecular complexity index is 3240. The average molecular weight is 816 g/mol. The van der Waals surface area contributed by atoms with E-state index in [9.17, 15) is 0 Å². The molecule has 0 saturated heterocycles. The van der Waals surface area contributed by atoms with Crippen LogP contribution in [-0.4, -0.2) is 6.71 Å². The number of rotatable bonds is 8. The highest BCUT2D eigenvalue weighted by Crippen LogP contribution is 2.47. The fourth-order valence-electron chi connectivity index (χ4n) is 9.93. The SMILES string of the molecule is c1ccc(-c2cccc(N3c4cc(-c5ccccc5)ccc4B4c5ccc(N(c6ccccc6)c6ccccc6)cc5N(c5cccc(-c6ccccc6)c5)c5cccc3c54)c2)cc1. The normalized spacial score (nSPS) is 12.3. The number of nitrogens with zero attached hydrogens (tertiary/aromatic N) is 3. The molecular formula is C60H42BN3. The first-order valence-electron chi connectivity index (χ1n) is 22.0. The molecule has 0 amide bonds. The maximum atomic E-state index is 2.51. The van der Waals surface area contributed by atoms with Crippen molar-refractivity contribution in [3.8, 4) is 33.4 Å². The first-order chi connectivity index (χ1) is 31.8. The molecule has 0 N–H and O–H groups in total. The number of para-hydroxylation sites is 2. The van der Waals surface area contributed by atoms with E-state index in [1.54, 1.807) is 0 Å². The summed E-state index contributed by atoms with van der Waals surface area (Å²) in [6.45, 7) is -0.0286. The summed E-state index contributed by atoms with van der Waals surface area (Å²) in [6, 6.07) is 92.8. The van der Waals surface area contributed by atoms with Crippen LogP contribution in [0, 0.1) is 0 Å². The smallest absolute Gasteiger partial charge is 0.252 e. The second-order valence-electron chi connectivity index (χ2n) is 16.5. The molecule has 0 aliphatic carbocycles. The van der Waals surface area contributed by atoms with E-state index in [4.69, 9.17) is 0 Å². The van der Waals surface area contributed by atoms with Crippen LogP contribution in [0.5, 0.6) is 0 Å². The van der Waals surface area contributed by atoms with Crippen LogP contribution in [0.25, 0.3) is 33.4 Å². The molecule has 3 nitrogen and oxygen atoms in total. The zero-order valence-electron chi connectivity index (χ0n) is 35.2. The lowest BCUT2D eigenvalue weighted by Gasteiger charge is -2.44. The lowest BCUT2D eigenvalue weighted by Crippen LogP contribution is -2.61. The molecule has 0 unspecified atom stereocenters. The third-order valence-electron chi connectivity index (χ3n) is 12.8. The first kappa shape index (κ1) is 37.4. The molecule has 10 aromatic rings. The molecule has 12 rings (SSSR count). The minimum atomic E-state index is -0.0286. The predicted octanol–water partition coefficient (Wildman–Crippen LogP) is 14.2. The van der Waals surface area contributed by atoms with E-state index in [1.807, 2.05) is 0 Å². The van der Waals surface area contributed by atoms with E-state index in [2.05, 4.69) is 269 Å². The fourth-order valence-corrected chi connectivity index (χ4v) is 9.93. The Morgan fingerprint density at radius 2 is 0.656 bits per heavy atom. The van der Waals surface area contributed by atoms with Crippen molar-refractivity contribution in [3.63, 3.8) is 0 Å². The molecule has 0 spiro atoms. The maximum absolute atomic E-state index is 2.51. The zero-order chi connectivity index (χ0) is 42.4. The monoisotopic (exact) mass is 815 g/mol. The molecule has 0 atom stereocenters. The van der Waals surface area contributed by atoms with E-state index in [0.717, 1.165) is 34.1 Å². The molecule has 2 aliphatic rings. The number of benzene rings is 10. The maximum Gasteiger partial charge on any atom is 0.252 e. The van der Waals surface area contributed by atoms with E-state index in [1.165, 1.54) is 66.8 Å². The van der Waals surface area contributed by atoms with Crippen molar-refractivity contribution >= 4 is 74.3 Å². The van der Waals surface area contributed by atoms with Crippen molar-refractivity contribution in [2.45, 2.75) is 0 Å². The molecule has 64 heavy (non-hydrogen) atoms. The standard InChI is InChI=1S/C60H42BN3/c1-6-19-43(20-7-1)46-25-16-31-51(39-46)63-56-33-18-34-57-60(56)61(54-37-35-48(41-58(54)63)45-23-10-3-11-24-45)55-38-36-53(62(49-27-12-4-13-28-49)50-29-14-5-15-30-50)42-59(55)64(57)52-32-17-26-47(40-52)44-21-8-2-9-22-44/h1-42H. The van der Waals surface area contributed by atoms with Crippen LogP contribution in [-0.2, 0) is 0 Å². The predicted molar refractivity (Wildman–Crippen MR) is 271 cm³/mol. The Balaban J connectivity index is 1.12. The second kappa shape index (κ2) is 15.8. The highest BCUT2D eigenvalue weighted by Gasteiger charge is 2.43. The molecule has 0 radical (unpaired) electrons. The summed E-state index contributed by atoms with van der Waals surface area (Å²) >= 11 is 0. The molecule has 2 aliphatic heterocycles. The van der Waals surface area contributed by atoms with Crippen molar-refractivity contribution in [1.29, 1.82) is 0 Å². The largest absolute Gasteiger partial charge is 0.311 e. The summed E-state index contributed by atoms with van der Waals surface area (Å²) in [4.78, 5) is 7.39. The number of anilines is 9. The summed E-state index contributed by atoms with van der Waals surface area (Å²) in [7, 11) is 0. The molecule has 300 valence electrons. The quantitative estimate of drug-likeness (QED) is 0.142. The Morgan fingerprint density at radius 1 is 0.266 bits per heavy atom. The Morgan fingerprint density at radius 3 is 1.14 bits per heavy atom. The van der Waals surface area contributed by atoms with Gasteiger partial charge in [0.15, 0.2) is 0 Å². The van der Waals surface area contributed by atoms with Gasteiger partial charge in [0.25, 0.3) is 6.71 Å². The Hall–Kier alpha value is -8.34. The topological polar surface area (TPSA) is 9.72 Å². The lowest BCUT2D eigenvalue weighted by molar-refractivity contribution is 1.24. The zero-order valence-corrected chi connectivity index (χ0v) is 35.2. The van der Waals surface area contributed by atoms with Gasteiger partial charge in [-0.05, 0) is 129 Å². The van der Waals surface area contributed by atoms with Crippen LogP contribution in [0.3, 0.4) is 0 Å². The second-order valence-corrected chi connectivity index (χ2v) is 16.5. The van der Waals surface area contributed by atoms with Gasteiger partial charge >= 0.3 is 0 Å². The third-order valence-corrected chi connectivity index (χ3v) is 12.8. The van der Waals surface area contributed by atoms with Crippen molar-refractivity contribution in [3.05, 3.63) is 255 Å². The molecule has 2 heterocycles. The van der Waals surface area contributed by atoms with Gasteiger partial charge in [-0.3, -0.25) is 0 Å². The van der Waals surface area contributed by atoms with Crippen LogP contribution in [0.4, 0.5) is 51.2 Å². The Kier molecular flexibility index (Phi) is 9.27. The molecule has 0 aromatic heterocycles. The summed E-state index contributed by atoms with van der Waals surface area (Å²) in [5.74, 6) is 0. The lowest BCUT2D eigenvalue weighted by atomic mass is 9.33. The van der Waals surface area contributed by atoms with Crippen molar-refractivity contribution in [2.75, 3.05) is 14.7 Å². The van der Waals surface area contributed by atoms with Gasteiger partial charge in [0.1, 0.15) is 0 Å². The summed E-state index contributed by atoms with van der Waals surface area (Å²) in [6.07, 6.45) is 0. The summed E-state index contributed by atoms with van der Waals surface area (Å²) < 4.78 is 0. The van der Waals surface area contributed by atoms with Gasteiger partial charge in [-0.2, -0.15) is 0 Å². The van der Waals surface area contributed by atoms with Crippen molar-refractivity contribution in [1.82, 2.24) is 0 Å². The molecule has 0 saturated carbocycles. The van der Waals surface area contributed by atoms with Crippen LogP contribution >= 0.6 is 0 Å². The van der Waals surface area contributed by atoms with Gasteiger partial charge in [0, 0.05) is 51.2 Å². The Labute approximate surface area is 375 Å². The molecule has 0 fully saturated rings. The van der Waals surface area contributed by atoms with Crippen molar-refractivity contribution < 1.29 is 0 Å². The van der Waals surface area contributed by atoms with E-state index in [-0.39, 0.29) is 6.71 Å². The van der Waals surface area contributed by atoms with Gasteiger partial charge in [-0.25, -0.2) is 0 Å².